The molecule has 11 aromatic rings. The van der Waals surface area contributed by atoms with Crippen molar-refractivity contribution in [3.63, 3.8) is 0 Å². The standard InChI is InChI=1S/C76H59NO2/c1-73(2,3)51-35-40-58-59-41-36-52(74(4,5)6)46-65(59)76(64(58)45-51)63-28-16-19-31-70(63)79-72-43-39-54(47-67(72)76)77(53-37-32-49(33-38-53)48-20-8-7-9-21-48)68-29-17-12-22-55(68)50-34-42-71-66(44-50)75(62-27-15-18-30-69(62)78-71)60-25-13-10-23-56(60)57-24-11-14-26-61(57)75/h7-47H,1-6H3. The van der Waals surface area contributed by atoms with Gasteiger partial charge in [-0.05, 0) is 144 Å². The first-order valence-electron chi connectivity index (χ1n) is 27.8. The van der Waals surface area contributed by atoms with Crippen LogP contribution in [0.15, 0.2) is 249 Å². The second kappa shape index (κ2) is 17.2. The Kier molecular flexibility index (Phi) is 10.2. The Morgan fingerprint density at radius 1 is 0.278 bits per heavy atom. The van der Waals surface area contributed by atoms with Crippen LogP contribution in [0, 0.1) is 0 Å². The molecule has 0 aromatic heterocycles. The Labute approximate surface area is 464 Å². The maximum Gasteiger partial charge on any atom is 0.132 e. The van der Waals surface area contributed by atoms with Gasteiger partial charge in [-0.1, -0.05) is 230 Å². The smallest absolute Gasteiger partial charge is 0.132 e. The van der Waals surface area contributed by atoms with E-state index in [0.717, 1.165) is 79.0 Å². The quantitative estimate of drug-likeness (QED) is 0.171. The van der Waals surface area contributed by atoms with Crippen molar-refractivity contribution in [2.45, 2.75) is 63.2 Å². The topological polar surface area (TPSA) is 21.7 Å². The fourth-order valence-electron chi connectivity index (χ4n) is 13.8. The molecule has 0 amide bonds. The summed E-state index contributed by atoms with van der Waals surface area (Å²) in [6.45, 7) is 13.9. The van der Waals surface area contributed by atoms with Gasteiger partial charge in [-0.2, -0.15) is 0 Å². The molecule has 0 atom stereocenters. The fraction of sp³-hybridized carbons (Fsp3) is 0.132. The Hall–Kier alpha value is -9.18. The lowest BCUT2D eigenvalue weighted by atomic mass is 9.65. The van der Waals surface area contributed by atoms with Gasteiger partial charge < -0.3 is 14.4 Å². The van der Waals surface area contributed by atoms with Crippen LogP contribution in [0.1, 0.15) is 97.2 Å². The van der Waals surface area contributed by atoms with Crippen molar-refractivity contribution in [3.8, 4) is 67.5 Å². The molecule has 2 aliphatic carbocycles. The van der Waals surface area contributed by atoms with Gasteiger partial charge in [0.1, 0.15) is 23.0 Å². The van der Waals surface area contributed by atoms with E-state index >= 15 is 0 Å². The first-order chi connectivity index (χ1) is 38.4. The summed E-state index contributed by atoms with van der Waals surface area (Å²) in [7, 11) is 0. The molecule has 0 saturated heterocycles. The van der Waals surface area contributed by atoms with Gasteiger partial charge in [-0.25, -0.2) is 0 Å². The SMILES string of the molecule is CC(C)(C)c1ccc2c(c1)C1(c3ccccc3Oc3ccc(N(c4ccc(-c5ccccc5)cc4)c4ccccc4-c4ccc5c(c4)C4(c6ccccc6O5)c5ccccc5-c5ccccc54)cc31)c1cc(C(C)(C)C)ccc1-2. The third-order valence-electron chi connectivity index (χ3n) is 17.5. The van der Waals surface area contributed by atoms with Gasteiger partial charge in [0, 0.05) is 39.2 Å². The van der Waals surface area contributed by atoms with Crippen molar-refractivity contribution in [3.05, 3.63) is 304 Å². The minimum Gasteiger partial charge on any atom is -0.457 e. The van der Waals surface area contributed by atoms with Crippen LogP contribution in [0.25, 0.3) is 44.5 Å². The van der Waals surface area contributed by atoms with Gasteiger partial charge >= 0.3 is 0 Å². The zero-order valence-electron chi connectivity index (χ0n) is 45.4. The minimum absolute atomic E-state index is 0.0836. The lowest BCUT2D eigenvalue weighted by Gasteiger charge is -2.41. The third-order valence-corrected chi connectivity index (χ3v) is 17.5. The molecule has 3 heteroatoms. The first-order valence-corrected chi connectivity index (χ1v) is 27.8. The molecule has 11 aromatic carbocycles. The number of para-hydroxylation sites is 3. The van der Waals surface area contributed by atoms with E-state index in [1.807, 2.05) is 0 Å². The molecule has 79 heavy (non-hydrogen) atoms. The van der Waals surface area contributed by atoms with Gasteiger partial charge in [0.25, 0.3) is 0 Å². The summed E-state index contributed by atoms with van der Waals surface area (Å²) in [5.74, 6) is 3.48. The van der Waals surface area contributed by atoms with Gasteiger partial charge in [0.05, 0.1) is 16.5 Å². The summed E-state index contributed by atoms with van der Waals surface area (Å²) < 4.78 is 14.1. The summed E-state index contributed by atoms with van der Waals surface area (Å²) in [5.41, 5.74) is 23.5. The van der Waals surface area contributed by atoms with E-state index in [2.05, 4.69) is 295 Å². The number of hydrogen-bond acceptors (Lipinski definition) is 3. The molecule has 2 heterocycles. The van der Waals surface area contributed by atoms with Crippen LogP contribution >= 0.6 is 0 Å². The molecular weight excluding hydrogens is 959 g/mol. The molecule has 0 unspecified atom stereocenters. The van der Waals surface area contributed by atoms with Crippen LogP contribution in [0.5, 0.6) is 23.0 Å². The van der Waals surface area contributed by atoms with Gasteiger partial charge in [0.2, 0.25) is 0 Å². The predicted molar refractivity (Wildman–Crippen MR) is 324 cm³/mol. The largest absolute Gasteiger partial charge is 0.457 e. The van der Waals surface area contributed by atoms with E-state index in [-0.39, 0.29) is 10.8 Å². The van der Waals surface area contributed by atoms with Crippen LogP contribution in [0.4, 0.5) is 17.1 Å². The number of nitrogens with zero attached hydrogens (tertiary/aromatic N) is 1. The number of hydrogen-bond donors (Lipinski definition) is 0. The summed E-state index contributed by atoms with van der Waals surface area (Å²) in [4.78, 5) is 2.47. The van der Waals surface area contributed by atoms with Gasteiger partial charge in [0.15, 0.2) is 0 Å². The molecule has 0 fully saturated rings. The second-order valence-electron chi connectivity index (χ2n) is 24.0. The van der Waals surface area contributed by atoms with Crippen LogP contribution in [-0.2, 0) is 21.7 Å². The Bertz CT molecular complexity index is 4170. The monoisotopic (exact) mass is 1020 g/mol. The van der Waals surface area contributed by atoms with Crippen LogP contribution in [0.3, 0.4) is 0 Å². The molecule has 380 valence electrons. The van der Waals surface area contributed by atoms with Crippen molar-refractivity contribution in [1.82, 2.24) is 0 Å². The average Bonchev–Trinajstić information content (AvgIpc) is 3.51. The molecule has 4 aliphatic rings. The van der Waals surface area contributed by atoms with E-state index in [1.54, 1.807) is 0 Å². The summed E-state index contributed by atoms with van der Waals surface area (Å²) >= 11 is 0. The van der Waals surface area contributed by atoms with Gasteiger partial charge in [-0.15, -0.1) is 0 Å². The Morgan fingerprint density at radius 3 is 1.25 bits per heavy atom. The molecule has 2 spiro atoms. The van der Waals surface area contributed by atoms with E-state index in [0.29, 0.717) is 0 Å². The van der Waals surface area contributed by atoms with E-state index in [9.17, 15) is 0 Å². The Balaban J connectivity index is 0.982. The molecule has 3 nitrogen and oxygen atoms in total. The molecular formula is C76H59NO2. The van der Waals surface area contributed by atoms with Crippen molar-refractivity contribution >= 4 is 17.1 Å². The third kappa shape index (κ3) is 6.85. The van der Waals surface area contributed by atoms with Crippen molar-refractivity contribution in [2.75, 3.05) is 4.90 Å². The zero-order chi connectivity index (χ0) is 53.4. The van der Waals surface area contributed by atoms with Crippen LogP contribution in [0.2, 0.25) is 0 Å². The number of anilines is 3. The number of ether oxygens (including phenoxy) is 2. The number of benzene rings is 11. The van der Waals surface area contributed by atoms with E-state index < -0.39 is 10.8 Å². The fourth-order valence-corrected chi connectivity index (χ4v) is 13.8. The predicted octanol–water partition coefficient (Wildman–Crippen LogP) is 20.0. The Morgan fingerprint density at radius 2 is 0.684 bits per heavy atom. The molecule has 15 rings (SSSR count). The summed E-state index contributed by atoms with van der Waals surface area (Å²) in [6, 6.07) is 92.2. The average molecular weight is 1020 g/mol. The maximum absolute atomic E-state index is 7.14. The molecule has 2 aliphatic heterocycles. The summed E-state index contributed by atoms with van der Waals surface area (Å²) in [5, 5.41) is 0. The maximum atomic E-state index is 7.14. The van der Waals surface area contributed by atoms with Crippen LogP contribution < -0.4 is 14.4 Å². The number of rotatable bonds is 5. The highest BCUT2D eigenvalue weighted by Crippen LogP contribution is 2.65. The normalized spacial score (nSPS) is 14.4. The highest BCUT2D eigenvalue weighted by molar-refractivity contribution is 5.94. The highest BCUT2D eigenvalue weighted by Gasteiger charge is 2.53. The van der Waals surface area contributed by atoms with Gasteiger partial charge in [-0.3, -0.25) is 0 Å². The highest BCUT2D eigenvalue weighted by atomic mass is 16.5. The van der Waals surface area contributed by atoms with E-state index in [1.165, 1.54) is 61.2 Å². The van der Waals surface area contributed by atoms with Crippen molar-refractivity contribution < 1.29 is 9.47 Å². The molecule has 0 N–H and O–H groups in total. The molecule has 0 bridgehead atoms. The van der Waals surface area contributed by atoms with Crippen molar-refractivity contribution in [2.24, 2.45) is 0 Å². The lowest BCUT2D eigenvalue weighted by Crippen LogP contribution is -2.33. The van der Waals surface area contributed by atoms with E-state index in [4.69, 9.17) is 9.47 Å². The number of fused-ring (bicyclic) bond motifs is 18. The van der Waals surface area contributed by atoms with Crippen LogP contribution in [-0.4, -0.2) is 0 Å². The lowest BCUT2D eigenvalue weighted by molar-refractivity contribution is 0.436. The minimum atomic E-state index is -0.702. The molecule has 0 radical (unpaired) electrons. The zero-order valence-corrected chi connectivity index (χ0v) is 45.4. The van der Waals surface area contributed by atoms with Crippen molar-refractivity contribution in [1.29, 1.82) is 0 Å². The molecule has 0 saturated carbocycles. The first kappa shape index (κ1) is 47.1. The summed E-state index contributed by atoms with van der Waals surface area (Å²) in [6.07, 6.45) is 0. The second-order valence-corrected chi connectivity index (χ2v) is 24.0.